The summed E-state index contributed by atoms with van der Waals surface area (Å²) in [4.78, 5) is 15.7. The van der Waals surface area contributed by atoms with E-state index in [0.717, 1.165) is 25.7 Å². The van der Waals surface area contributed by atoms with Gasteiger partial charge in [0.2, 0.25) is 0 Å². The molecule has 1 heterocycles. The predicted molar refractivity (Wildman–Crippen MR) is 80.1 cm³/mol. The van der Waals surface area contributed by atoms with E-state index in [-0.39, 0.29) is 18.6 Å². The van der Waals surface area contributed by atoms with Crippen LogP contribution in [0.4, 0.5) is 18.0 Å². The standard InChI is InChI=1S/C15H26F3N3O2/c16-15(17,18)10-13(22)11-20-6-8-21(9-7-20)14(23)19-12-4-2-1-3-5-12/h12-13,22H,1-11H2,(H,19,23). The summed E-state index contributed by atoms with van der Waals surface area (Å²) in [6.45, 7) is 1.95. The molecule has 8 heteroatoms. The van der Waals surface area contributed by atoms with Gasteiger partial charge in [0.25, 0.3) is 0 Å². The van der Waals surface area contributed by atoms with Gasteiger partial charge in [0.05, 0.1) is 12.5 Å². The molecule has 2 amide bonds. The van der Waals surface area contributed by atoms with Crippen molar-refractivity contribution in [1.29, 1.82) is 0 Å². The van der Waals surface area contributed by atoms with Crippen LogP contribution in [-0.4, -0.2) is 72.0 Å². The number of piperazine rings is 1. The zero-order chi connectivity index (χ0) is 16.9. The number of urea groups is 1. The van der Waals surface area contributed by atoms with Crippen LogP contribution in [0.5, 0.6) is 0 Å². The molecule has 1 aliphatic carbocycles. The van der Waals surface area contributed by atoms with Crippen LogP contribution in [0.25, 0.3) is 0 Å². The lowest BCUT2D eigenvalue weighted by atomic mass is 9.96. The van der Waals surface area contributed by atoms with Crippen LogP contribution in [0, 0.1) is 0 Å². The zero-order valence-corrected chi connectivity index (χ0v) is 13.3. The number of hydrogen-bond donors (Lipinski definition) is 2. The van der Waals surface area contributed by atoms with Gasteiger partial charge in [-0.3, -0.25) is 4.90 Å². The molecule has 2 rings (SSSR count). The van der Waals surface area contributed by atoms with Crippen molar-refractivity contribution in [2.45, 2.75) is 56.8 Å². The monoisotopic (exact) mass is 337 g/mol. The van der Waals surface area contributed by atoms with Crippen molar-refractivity contribution < 1.29 is 23.1 Å². The molecule has 0 radical (unpaired) electrons. The van der Waals surface area contributed by atoms with Crippen molar-refractivity contribution in [3.63, 3.8) is 0 Å². The molecule has 2 N–H and O–H groups in total. The van der Waals surface area contributed by atoms with E-state index in [9.17, 15) is 23.1 Å². The molecule has 0 spiro atoms. The number of carbonyl (C=O) groups is 1. The van der Waals surface area contributed by atoms with Crippen LogP contribution in [0.3, 0.4) is 0 Å². The number of nitrogens with one attached hydrogen (secondary N) is 1. The van der Waals surface area contributed by atoms with Crippen LogP contribution in [0.1, 0.15) is 38.5 Å². The van der Waals surface area contributed by atoms with Crippen molar-refractivity contribution in [3.05, 3.63) is 0 Å². The number of alkyl halides is 3. The van der Waals surface area contributed by atoms with E-state index < -0.39 is 18.7 Å². The summed E-state index contributed by atoms with van der Waals surface area (Å²) in [6.07, 6.45) is -1.37. The number of β-amino-alcohol motifs (C(OH)–C–C–N with tert-alkyl or cyclic N) is 1. The highest BCUT2D eigenvalue weighted by Gasteiger charge is 2.32. The van der Waals surface area contributed by atoms with E-state index in [2.05, 4.69) is 5.32 Å². The van der Waals surface area contributed by atoms with Gasteiger partial charge in [-0.1, -0.05) is 19.3 Å². The molecular formula is C15H26F3N3O2. The van der Waals surface area contributed by atoms with Crippen LogP contribution >= 0.6 is 0 Å². The summed E-state index contributed by atoms with van der Waals surface area (Å²) >= 11 is 0. The number of aliphatic hydroxyl groups is 1. The van der Waals surface area contributed by atoms with Gasteiger partial charge >= 0.3 is 12.2 Å². The average molecular weight is 337 g/mol. The largest absolute Gasteiger partial charge is 0.391 e. The van der Waals surface area contributed by atoms with Gasteiger partial charge in [0, 0.05) is 38.8 Å². The third kappa shape index (κ3) is 6.55. The summed E-state index contributed by atoms with van der Waals surface area (Å²) < 4.78 is 36.6. The molecule has 1 saturated carbocycles. The Morgan fingerprint density at radius 1 is 1.13 bits per heavy atom. The molecule has 1 atom stereocenters. The Balaban J connectivity index is 1.67. The minimum absolute atomic E-state index is 0.00239. The van der Waals surface area contributed by atoms with Crippen molar-refractivity contribution in [2.24, 2.45) is 0 Å². The normalized spacial score (nSPS) is 22.9. The average Bonchev–Trinajstić information content (AvgIpc) is 2.47. The lowest BCUT2D eigenvalue weighted by Gasteiger charge is -2.36. The Kier molecular flexibility index (Phi) is 6.52. The van der Waals surface area contributed by atoms with Crippen molar-refractivity contribution >= 4 is 6.03 Å². The first-order valence-electron chi connectivity index (χ1n) is 8.36. The first kappa shape index (κ1) is 18.3. The summed E-state index contributed by atoms with van der Waals surface area (Å²) in [6, 6.07) is 0.176. The predicted octanol–water partition coefficient (Wildman–Crippen LogP) is 1.96. The maximum absolute atomic E-state index is 12.2. The fourth-order valence-electron chi connectivity index (χ4n) is 3.28. The Morgan fingerprint density at radius 2 is 1.74 bits per heavy atom. The van der Waals surface area contributed by atoms with E-state index in [4.69, 9.17) is 0 Å². The van der Waals surface area contributed by atoms with Gasteiger partial charge in [-0.15, -0.1) is 0 Å². The van der Waals surface area contributed by atoms with Crippen LogP contribution in [0.15, 0.2) is 0 Å². The second-order valence-electron chi connectivity index (χ2n) is 6.55. The number of halogens is 3. The fourth-order valence-corrected chi connectivity index (χ4v) is 3.28. The second kappa shape index (κ2) is 8.19. The molecule has 0 bridgehead atoms. The van der Waals surface area contributed by atoms with Crippen LogP contribution in [0.2, 0.25) is 0 Å². The van der Waals surface area contributed by atoms with Gasteiger partial charge in [0.15, 0.2) is 0 Å². The summed E-state index contributed by atoms with van der Waals surface area (Å²) in [7, 11) is 0. The van der Waals surface area contributed by atoms with E-state index in [0.29, 0.717) is 26.2 Å². The highest BCUT2D eigenvalue weighted by atomic mass is 19.4. The Morgan fingerprint density at radius 3 is 2.30 bits per heavy atom. The number of amides is 2. The van der Waals surface area contributed by atoms with Gasteiger partial charge in [-0.2, -0.15) is 13.2 Å². The molecule has 1 aliphatic heterocycles. The fraction of sp³-hybridized carbons (Fsp3) is 0.933. The van der Waals surface area contributed by atoms with E-state index in [1.54, 1.807) is 9.80 Å². The number of carbonyl (C=O) groups excluding carboxylic acids is 1. The van der Waals surface area contributed by atoms with Crippen LogP contribution < -0.4 is 5.32 Å². The molecule has 0 aromatic rings. The van der Waals surface area contributed by atoms with Gasteiger partial charge in [0.1, 0.15) is 0 Å². The van der Waals surface area contributed by atoms with E-state index in [1.165, 1.54) is 6.42 Å². The van der Waals surface area contributed by atoms with Gasteiger partial charge in [-0.25, -0.2) is 4.79 Å². The number of nitrogens with zero attached hydrogens (tertiary/aromatic N) is 2. The topological polar surface area (TPSA) is 55.8 Å². The van der Waals surface area contributed by atoms with Crippen molar-refractivity contribution in [1.82, 2.24) is 15.1 Å². The van der Waals surface area contributed by atoms with Gasteiger partial charge < -0.3 is 15.3 Å². The van der Waals surface area contributed by atoms with Crippen molar-refractivity contribution in [2.75, 3.05) is 32.7 Å². The molecule has 1 saturated heterocycles. The number of rotatable bonds is 4. The highest BCUT2D eigenvalue weighted by Crippen LogP contribution is 2.22. The smallest absolute Gasteiger partial charge is 0.391 e. The first-order valence-corrected chi connectivity index (χ1v) is 8.36. The molecule has 0 aromatic carbocycles. The van der Waals surface area contributed by atoms with Crippen LogP contribution in [-0.2, 0) is 0 Å². The summed E-state index contributed by atoms with van der Waals surface area (Å²) in [5.74, 6) is 0. The Bertz CT molecular complexity index is 379. The summed E-state index contributed by atoms with van der Waals surface area (Å²) in [5, 5.41) is 12.5. The lowest BCUT2D eigenvalue weighted by molar-refractivity contribution is -0.155. The summed E-state index contributed by atoms with van der Waals surface area (Å²) in [5.41, 5.74) is 0. The third-order valence-corrected chi connectivity index (χ3v) is 4.53. The number of hydrogen-bond acceptors (Lipinski definition) is 3. The minimum Gasteiger partial charge on any atom is -0.391 e. The maximum atomic E-state index is 12.2. The molecular weight excluding hydrogens is 311 g/mol. The molecule has 5 nitrogen and oxygen atoms in total. The molecule has 0 aromatic heterocycles. The maximum Gasteiger partial charge on any atom is 0.391 e. The Hall–Kier alpha value is -1.02. The lowest BCUT2D eigenvalue weighted by Crippen LogP contribution is -2.54. The molecule has 23 heavy (non-hydrogen) atoms. The zero-order valence-electron chi connectivity index (χ0n) is 13.3. The molecule has 2 aliphatic rings. The SMILES string of the molecule is O=C(NC1CCCCC1)N1CCN(CC(O)CC(F)(F)F)CC1. The quantitative estimate of drug-likeness (QED) is 0.825. The molecule has 134 valence electrons. The van der Waals surface area contributed by atoms with E-state index in [1.807, 2.05) is 0 Å². The minimum atomic E-state index is -4.35. The number of aliphatic hydroxyl groups excluding tert-OH is 1. The van der Waals surface area contributed by atoms with Gasteiger partial charge in [-0.05, 0) is 12.8 Å². The second-order valence-corrected chi connectivity index (χ2v) is 6.55. The van der Waals surface area contributed by atoms with Crippen molar-refractivity contribution in [3.8, 4) is 0 Å². The third-order valence-electron chi connectivity index (χ3n) is 4.53. The first-order chi connectivity index (χ1) is 10.8. The molecule has 1 unspecified atom stereocenters. The molecule has 2 fully saturated rings. The highest BCUT2D eigenvalue weighted by molar-refractivity contribution is 5.74. The van der Waals surface area contributed by atoms with E-state index >= 15 is 0 Å². The Labute approximate surface area is 134 Å².